The number of aromatic hydroxyl groups is 1. The maximum absolute atomic E-state index is 14.3. The number of aliphatic hydroxyl groups excluding tert-OH is 1. The van der Waals surface area contributed by atoms with Crippen LogP contribution in [-0.2, 0) is 16.0 Å². The fraction of sp³-hybridized carbons (Fsp3) is 0.367. The third kappa shape index (κ3) is 5.71. The predicted molar refractivity (Wildman–Crippen MR) is 136 cm³/mol. The van der Waals surface area contributed by atoms with Gasteiger partial charge in [-0.15, -0.1) is 0 Å². The van der Waals surface area contributed by atoms with Gasteiger partial charge in [0, 0.05) is 5.56 Å². The molecule has 0 bridgehead atoms. The van der Waals surface area contributed by atoms with E-state index >= 15 is 0 Å². The van der Waals surface area contributed by atoms with E-state index in [1.807, 2.05) is 19.1 Å². The lowest BCUT2D eigenvalue weighted by Crippen LogP contribution is -2.22. The van der Waals surface area contributed by atoms with Crippen molar-refractivity contribution >= 4 is 5.97 Å². The summed E-state index contributed by atoms with van der Waals surface area (Å²) in [4.78, 5) is 12.1. The molecule has 1 fully saturated rings. The smallest absolute Gasteiger partial charge is 0.309 e. The van der Waals surface area contributed by atoms with Crippen molar-refractivity contribution in [3.8, 4) is 22.6 Å². The summed E-state index contributed by atoms with van der Waals surface area (Å²) in [6.45, 7) is 1.88. The third-order valence-electron chi connectivity index (χ3n) is 7.20. The second-order valence-corrected chi connectivity index (χ2v) is 9.59. The number of phenols is 1. The van der Waals surface area contributed by atoms with Gasteiger partial charge < -0.3 is 19.7 Å². The fourth-order valence-corrected chi connectivity index (χ4v) is 4.95. The molecule has 0 spiro atoms. The lowest BCUT2D eigenvalue weighted by Gasteiger charge is -2.23. The van der Waals surface area contributed by atoms with E-state index in [1.54, 1.807) is 42.5 Å². The van der Waals surface area contributed by atoms with E-state index in [0.717, 1.165) is 29.5 Å². The van der Waals surface area contributed by atoms with E-state index in [2.05, 4.69) is 0 Å². The number of carbonyl (C=O) groups excluding carboxylic acids is 1. The lowest BCUT2D eigenvalue weighted by molar-refractivity contribution is -0.145. The Morgan fingerprint density at radius 3 is 2.33 bits per heavy atom. The molecule has 3 aromatic rings. The van der Waals surface area contributed by atoms with Gasteiger partial charge in [-0.05, 0) is 84.0 Å². The Balaban J connectivity index is 1.42. The highest BCUT2D eigenvalue weighted by Crippen LogP contribution is 2.47. The van der Waals surface area contributed by atoms with Gasteiger partial charge in [0.2, 0.25) is 0 Å². The maximum atomic E-state index is 14.3. The second kappa shape index (κ2) is 11.1. The van der Waals surface area contributed by atoms with Gasteiger partial charge in [-0.2, -0.15) is 0 Å². The standard InChI is InChI=1S/C30H33FO5/c1-18(30(34)36-3)29(22-9-10-22)23-11-8-21(28(33)16-23)12-15-27(32)20-6-4-19(5-7-20)25-17-24(35-2)13-14-26(25)31/h4-8,11,13-14,16-18,22,27,29,32-33H,9-10,12,15H2,1-3H3/t18-,27?,29-/m0/s1. The number of hydrogen-bond donors (Lipinski definition) is 2. The molecule has 0 radical (unpaired) electrons. The zero-order valence-electron chi connectivity index (χ0n) is 20.9. The number of aryl methyl sites for hydroxylation is 1. The molecule has 0 amide bonds. The minimum absolute atomic E-state index is 0.0240. The number of hydrogen-bond acceptors (Lipinski definition) is 5. The Labute approximate surface area is 211 Å². The average Bonchev–Trinajstić information content (AvgIpc) is 3.73. The van der Waals surface area contributed by atoms with Gasteiger partial charge in [0.15, 0.2) is 0 Å². The molecule has 4 rings (SSSR count). The van der Waals surface area contributed by atoms with Crippen LogP contribution >= 0.6 is 0 Å². The zero-order chi connectivity index (χ0) is 25.8. The van der Waals surface area contributed by atoms with Crippen LogP contribution in [0.1, 0.15) is 54.9 Å². The molecule has 2 N–H and O–H groups in total. The summed E-state index contributed by atoms with van der Waals surface area (Å²) in [7, 11) is 2.94. The summed E-state index contributed by atoms with van der Waals surface area (Å²) in [6, 6.07) is 17.3. The quantitative estimate of drug-likeness (QED) is 0.331. The summed E-state index contributed by atoms with van der Waals surface area (Å²) in [5, 5.41) is 21.4. The number of benzene rings is 3. The Hall–Kier alpha value is -3.38. The third-order valence-corrected chi connectivity index (χ3v) is 7.20. The first kappa shape index (κ1) is 25.7. The summed E-state index contributed by atoms with van der Waals surface area (Å²) < 4.78 is 24.4. The Morgan fingerprint density at radius 2 is 1.72 bits per heavy atom. The Bertz CT molecular complexity index is 1200. The molecule has 0 aromatic heterocycles. The Morgan fingerprint density at radius 1 is 1.03 bits per heavy atom. The highest BCUT2D eigenvalue weighted by molar-refractivity contribution is 5.73. The number of ether oxygens (including phenoxy) is 2. The highest BCUT2D eigenvalue weighted by atomic mass is 19.1. The summed E-state index contributed by atoms with van der Waals surface area (Å²) >= 11 is 0. The maximum Gasteiger partial charge on any atom is 0.309 e. The number of halogens is 1. The average molecular weight is 493 g/mol. The second-order valence-electron chi connectivity index (χ2n) is 9.59. The molecule has 3 atom stereocenters. The molecular formula is C30H33FO5. The van der Waals surface area contributed by atoms with Crippen LogP contribution in [0.25, 0.3) is 11.1 Å². The van der Waals surface area contributed by atoms with E-state index in [4.69, 9.17) is 9.47 Å². The molecule has 1 aliphatic carbocycles. The number of aliphatic hydroxyl groups is 1. The van der Waals surface area contributed by atoms with Crippen LogP contribution in [-0.4, -0.2) is 30.4 Å². The number of rotatable bonds is 10. The molecule has 0 aliphatic heterocycles. The summed E-state index contributed by atoms with van der Waals surface area (Å²) in [5.74, 6) is 0.348. The van der Waals surface area contributed by atoms with Crippen LogP contribution in [0.5, 0.6) is 11.5 Å². The van der Waals surface area contributed by atoms with Crippen molar-refractivity contribution in [2.45, 2.75) is 44.6 Å². The van der Waals surface area contributed by atoms with Crippen molar-refractivity contribution in [2.75, 3.05) is 14.2 Å². The van der Waals surface area contributed by atoms with Crippen molar-refractivity contribution in [3.63, 3.8) is 0 Å². The van der Waals surface area contributed by atoms with Gasteiger partial charge >= 0.3 is 5.97 Å². The van der Waals surface area contributed by atoms with Crippen LogP contribution in [0.4, 0.5) is 4.39 Å². The Kier molecular flexibility index (Phi) is 7.94. The van der Waals surface area contributed by atoms with Gasteiger partial charge in [0.05, 0.1) is 26.2 Å². The molecule has 3 aromatic carbocycles. The molecule has 1 unspecified atom stereocenters. The number of phenolic OH excluding ortho intramolecular Hbond substituents is 1. The number of carbonyl (C=O) groups is 1. The first-order chi connectivity index (χ1) is 17.3. The van der Waals surface area contributed by atoms with Gasteiger partial charge in [-0.3, -0.25) is 4.79 Å². The monoisotopic (exact) mass is 492 g/mol. The van der Waals surface area contributed by atoms with Crippen LogP contribution in [0.3, 0.4) is 0 Å². The van der Waals surface area contributed by atoms with Crippen molar-refractivity contribution in [3.05, 3.63) is 83.2 Å². The number of methoxy groups -OCH3 is 2. The van der Waals surface area contributed by atoms with Crippen LogP contribution < -0.4 is 4.74 Å². The molecule has 6 heteroatoms. The normalized spacial score (nSPS) is 15.7. The zero-order valence-corrected chi connectivity index (χ0v) is 20.9. The summed E-state index contributed by atoms with van der Waals surface area (Å²) in [6.07, 6.45) is 2.32. The molecule has 5 nitrogen and oxygen atoms in total. The van der Waals surface area contributed by atoms with Crippen molar-refractivity contribution in [2.24, 2.45) is 11.8 Å². The topological polar surface area (TPSA) is 76.0 Å². The summed E-state index contributed by atoms with van der Waals surface area (Å²) in [5.41, 5.74) is 3.54. The van der Waals surface area contributed by atoms with E-state index in [9.17, 15) is 19.4 Å². The van der Waals surface area contributed by atoms with Crippen LogP contribution in [0.15, 0.2) is 60.7 Å². The van der Waals surface area contributed by atoms with E-state index in [-0.39, 0.29) is 29.4 Å². The molecule has 0 heterocycles. The minimum atomic E-state index is -0.730. The molecule has 0 saturated heterocycles. The van der Waals surface area contributed by atoms with Gasteiger partial charge in [0.1, 0.15) is 17.3 Å². The molecule has 190 valence electrons. The van der Waals surface area contributed by atoms with Crippen molar-refractivity contribution < 1.29 is 28.9 Å². The molecule has 36 heavy (non-hydrogen) atoms. The van der Waals surface area contributed by atoms with Gasteiger partial charge in [0.25, 0.3) is 0 Å². The van der Waals surface area contributed by atoms with E-state index in [1.165, 1.54) is 20.3 Å². The molecule has 1 aliphatic rings. The van der Waals surface area contributed by atoms with E-state index in [0.29, 0.717) is 35.6 Å². The molecule has 1 saturated carbocycles. The number of esters is 1. The SMILES string of the molecule is COC(=O)[C@@H](C)[C@H](c1ccc(CCC(O)c2ccc(-c3cc(OC)ccc3F)cc2)c(O)c1)C1CC1. The van der Waals surface area contributed by atoms with Crippen LogP contribution in [0.2, 0.25) is 0 Å². The predicted octanol–water partition coefficient (Wildman–Crippen LogP) is 6.18. The first-order valence-electron chi connectivity index (χ1n) is 12.3. The molecular weight excluding hydrogens is 459 g/mol. The largest absolute Gasteiger partial charge is 0.508 e. The lowest BCUT2D eigenvalue weighted by atomic mass is 9.82. The minimum Gasteiger partial charge on any atom is -0.508 e. The highest BCUT2D eigenvalue weighted by Gasteiger charge is 2.39. The van der Waals surface area contributed by atoms with Crippen molar-refractivity contribution in [1.82, 2.24) is 0 Å². The van der Waals surface area contributed by atoms with Gasteiger partial charge in [-0.25, -0.2) is 4.39 Å². The fourth-order valence-electron chi connectivity index (χ4n) is 4.95. The van der Waals surface area contributed by atoms with Gasteiger partial charge in [-0.1, -0.05) is 43.3 Å². The van der Waals surface area contributed by atoms with Crippen LogP contribution in [0, 0.1) is 17.7 Å². The van der Waals surface area contributed by atoms with E-state index < -0.39 is 6.10 Å². The van der Waals surface area contributed by atoms with Crippen molar-refractivity contribution in [1.29, 1.82) is 0 Å². The first-order valence-corrected chi connectivity index (χ1v) is 12.3.